The summed E-state index contributed by atoms with van der Waals surface area (Å²) in [6.45, 7) is 5.44. The molecule has 0 spiro atoms. The van der Waals surface area contributed by atoms with Crippen molar-refractivity contribution in [3.63, 3.8) is 0 Å². The van der Waals surface area contributed by atoms with Crippen LogP contribution in [0.5, 0.6) is 5.75 Å². The van der Waals surface area contributed by atoms with Crippen LogP contribution in [-0.4, -0.2) is 17.9 Å². The van der Waals surface area contributed by atoms with E-state index in [0.29, 0.717) is 21.3 Å². The molecule has 5 nitrogen and oxygen atoms in total. The lowest BCUT2D eigenvalue weighted by Gasteiger charge is -2.16. The predicted molar refractivity (Wildman–Crippen MR) is 105 cm³/mol. The van der Waals surface area contributed by atoms with E-state index in [0.717, 1.165) is 40.8 Å². The Morgan fingerprint density at radius 3 is 2.54 bits per heavy atom. The standard InChI is InChI=1S/C19H21ClN2O3S/c1-9-7-12(8-10(2)16(9)20)25-11(3)18(24)22-19-15(17(21)23)13-5-4-6-14(13)26-19/h7-8,11H,4-6H2,1-3H3,(H2,21,23)(H,22,24). The molecule has 7 heteroatoms. The third-order valence-corrected chi connectivity index (χ3v) is 6.30. The van der Waals surface area contributed by atoms with Crippen molar-refractivity contribution in [3.8, 4) is 5.75 Å². The lowest BCUT2D eigenvalue weighted by Crippen LogP contribution is -2.30. The Kier molecular flexibility index (Phi) is 5.25. The van der Waals surface area contributed by atoms with Gasteiger partial charge < -0.3 is 15.8 Å². The molecule has 1 aliphatic carbocycles. The van der Waals surface area contributed by atoms with Gasteiger partial charge in [0.2, 0.25) is 0 Å². The second kappa shape index (κ2) is 7.29. The van der Waals surface area contributed by atoms with Gasteiger partial charge in [0.25, 0.3) is 11.8 Å². The molecule has 0 fully saturated rings. The monoisotopic (exact) mass is 392 g/mol. The maximum atomic E-state index is 12.5. The number of hydrogen-bond donors (Lipinski definition) is 2. The number of thiophene rings is 1. The Balaban J connectivity index is 1.75. The van der Waals surface area contributed by atoms with E-state index < -0.39 is 12.0 Å². The first kappa shape index (κ1) is 18.7. The van der Waals surface area contributed by atoms with E-state index in [1.54, 1.807) is 19.1 Å². The predicted octanol–water partition coefficient (Wildman–Crippen LogP) is 4.01. The molecule has 3 N–H and O–H groups in total. The number of carbonyl (C=O) groups is 2. The molecule has 3 rings (SSSR count). The molecule has 0 radical (unpaired) electrons. The Labute approximate surface area is 161 Å². The Hall–Kier alpha value is -2.05. The highest BCUT2D eigenvalue weighted by molar-refractivity contribution is 7.17. The molecule has 1 aliphatic rings. The largest absolute Gasteiger partial charge is 0.481 e. The highest BCUT2D eigenvalue weighted by atomic mass is 35.5. The van der Waals surface area contributed by atoms with Crippen molar-refractivity contribution in [1.29, 1.82) is 0 Å². The van der Waals surface area contributed by atoms with Gasteiger partial charge in [-0.05, 0) is 68.9 Å². The number of amides is 2. The molecule has 0 bridgehead atoms. The molecule has 2 amide bonds. The van der Waals surface area contributed by atoms with Crippen molar-refractivity contribution < 1.29 is 14.3 Å². The number of primary amides is 1. The van der Waals surface area contributed by atoms with Gasteiger partial charge in [0, 0.05) is 9.90 Å². The van der Waals surface area contributed by atoms with Crippen LogP contribution >= 0.6 is 22.9 Å². The zero-order chi connectivity index (χ0) is 19.0. The summed E-state index contributed by atoms with van der Waals surface area (Å²) in [5.74, 6) is -0.245. The summed E-state index contributed by atoms with van der Waals surface area (Å²) in [6.07, 6.45) is 2.04. The fraction of sp³-hybridized carbons (Fsp3) is 0.368. The smallest absolute Gasteiger partial charge is 0.265 e. The molecule has 138 valence electrons. The highest BCUT2D eigenvalue weighted by Crippen LogP contribution is 2.39. The van der Waals surface area contributed by atoms with Crippen LogP contribution in [0.4, 0.5) is 5.00 Å². The molecular weight excluding hydrogens is 372 g/mol. The number of nitrogens with two attached hydrogens (primary N) is 1. The Bertz CT molecular complexity index is 868. The summed E-state index contributed by atoms with van der Waals surface area (Å²) in [6, 6.07) is 3.60. The van der Waals surface area contributed by atoms with E-state index in [4.69, 9.17) is 22.1 Å². The van der Waals surface area contributed by atoms with Crippen LogP contribution < -0.4 is 15.8 Å². The number of hydrogen-bond acceptors (Lipinski definition) is 4. The molecule has 26 heavy (non-hydrogen) atoms. The molecule has 1 aromatic heterocycles. The zero-order valence-electron chi connectivity index (χ0n) is 14.9. The van der Waals surface area contributed by atoms with Crippen molar-refractivity contribution in [1.82, 2.24) is 0 Å². The van der Waals surface area contributed by atoms with E-state index in [1.165, 1.54) is 11.3 Å². The molecule has 1 aromatic carbocycles. The van der Waals surface area contributed by atoms with Crippen molar-refractivity contribution in [2.24, 2.45) is 5.73 Å². The van der Waals surface area contributed by atoms with Crippen LogP contribution in [0.3, 0.4) is 0 Å². The number of nitrogens with one attached hydrogen (secondary N) is 1. The van der Waals surface area contributed by atoms with Crippen LogP contribution in [0, 0.1) is 13.8 Å². The minimum absolute atomic E-state index is 0.322. The maximum Gasteiger partial charge on any atom is 0.265 e. The number of ether oxygens (including phenoxy) is 1. The second-order valence-corrected chi connectivity index (χ2v) is 8.03. The molecule has 2 aromatic rings. The Morgan fingerprint density at radius 2 is 1.92 bits per heavy atom. The average molecular weight is 393 g/mol. The van der Waals surface area contributed by atoms with Gasteiger partial charge in [0.1, 0.15) is 10.8 Å². The van der Waals surface area contributed by atoms with E-state index in [-0.39, 0.29) is 5.91 Å². The Morgan fingerprint density at radius 1 is 1.27 bits per heavy atom. The maximum absolute atomic E-state index is 12.5. The number of carbonyl (C=O) groups excluding carboxylic acids is 2. The van der Waals surface area contributed by atoms with Gasteiger partial charge in [0.05, 0.1) is 5.56 Å². The summed E-state index contributed by atoms with van der Waals surface area (Å²) in [7, 11) is 0. The van der Waals surface area contributed by atoms with Gasteiger partial charge in [-0.15, -0.1) is 11.3 Å². The number of fused-ring (bicyclic) bond motifs is 1. The zero-order valence-corrected chi connectivity index (χ0v) is 16.5. The number of halogens is 1. The molecule has 0 saturated heterocycles. The average Bonchev–Trinajstić information content (AvgIpc) is 3.12. The lowest BCUT2D eigenvalue weighted by atomic mass is 10.1. The summed E-state index contributed by atoms with van der Waals surface area (Å²) < 4.78 is 5.76. The first-order valence-electron chi connectivity index (χ1n) is 8.46. The van der Waals surface area contributed by atoms with Crippen molar-refractivity contribution in [2.45, 2.75) is 46.1 Å². The normalized spacial score (nSPS) is 14.0. The first-order chi connectivity index (χ1) is 12.3. The van der Waals surface area contributed by atoms with Crippen molar-refractivity contribution >= 4 is 39.8 Å². The van der Waals surface area contributed by atoms with Gasteiger partial charge in [-0.25, -0.2) is 0 Å². The number of benzene rings is 1. The molecule has 1 unspecified atom stereocenters. The van der Waals surface area contributed by atoms with Crippen LogP contribution in [0.1, 0.15) is 45.3 Å². The van der Waals surface area contributed by atoms with Gasteiger partial charge >= 0.3 is 0 Å². The van der Waals surface area contributed by atoms with Crippen LogP contribution in [0.2, 0.25) is 5.02 Å². The first-order valence-corrected chi connectivity index (χ1v) is 9.66. The minimum atomic E-state index is -0.729. The molecule has 1 atom stereocenters. The second-order valence-electron chi connectivity index (χ2n) is 6.55. The van der Waals surface area contributed by atoms with Crippen molar-refractivity contribution in [2.75, 3.05) is 5.32 Å². The fourth-order valence-corrected chi connectivity index (χ4v) is 4.61. The quantitative estimate of drug-likeness (QED) is 0.806. The van der Waals surface area contributed by atoms with Crippen LogP contribution in [-0.2, 0) is 17.6 Å². The van der Waals surface area contributed by atoms with Crippen LogP contribution in [0.25, 0.3) is 0 Å². The van der Waals surface area contributed by atoms with Gasteiger partial charge in [0.15, 0.2) is 6.10 Å². The summed E-state index contributed by atoms with van der Waals surface area (Å²) in [5, 5.41) is 4.02. The van der Waals surface area contributed by atoms with Crippen molar-refractivity contribution in [3.05, 3.63) is 44.3 Å². The molecular formula is C19H21ClN2O3S. The molecule has 0 aliphatic heterocycles. The lowest BCUT2D eigenvalue weighted by molar-refractivity contribution is -0.122. The number of anilines is 1. The van der Waals surface area contributed by atoms with E-state index in [9.17, 15) is 9.59 Å². The van der Waals surface area contributed by atoms with E-state index in [1.807, 2.05) is 13.8 Å². The SMILES string of the molecule is Cc1cc(OC(C)C(=O)Nc2sc3c(c2C(N)=O)CCC3)cc(C)c1Cl. The third kappa shape index (κ3) is 3.57. The number of aryl methyl sites for hydroxylation is 3. The topological polar surface area (TPSA) is 81.4 Å². The molecule has 0 saturated carbocycles. The summed E-state index contributed by atoms with van der Waals surface area (Å²) in [4.78, 5) is 25.5. The number of rotatable bonds is 5. The third-order valence-electron chi connectivity index (χ3n) is 4.50. The fourth-order valence-electron chi connectivity index (χ4n) is 3.20. The summed E-state index contributed by atoms with van der Waals surface area (Å²) in [5.41, 5.74) is 8.73. The minimum Gasteiger partial charge on any atom is -0.481 e. The van der Waals surface area contributed by atoms with E-state index in [2.05, 4.69) is 5.32 Å². The van der Waals surface area contributed by atoms with E-state index >= 15 is 0 Å². The van der Waals surface area contributed by atoms with Gasteiger partial charge in [-0.3, -0.25) is 9.59 Å². The highest BCUT2D eigenvalue weighted by Gasteiger charge is 2.27. The van der Waals surface area contributed by atoms with Gasteiger partial charge in [-0.2, -0.15) is 0 Å². The molecule has 1 heterocycles. The van der Waals surface area contributed by atoms with Gasteiger partial charge in [-0.1, -0.05) is 11.6 Å². The van der Waals surface area contributed by atoms with Crippen LogP contribution in [0.15, 0.2) is 12.1 Å². The summed E-state index contributed by atoms with van der Waals surface area (Å²) >= 11 is 7.59.